The fourth-order valence-electron chi connectivity index (χ4n) is 4.07. The Morgan fingerprint density at radius 1 is 1.03 bits per heavy atom. The van der Waals surface area contributed by atoms with Crippen molar-refractivity contribution >= 4 is 23.5 Å². The number of amides is 4. The quantitative estimate of drug-likeness (QED) is 0.691. The molecule has 0 aliphatic carbocycles. The number of carbonyl (C=O) groups excluding carboxylic acids is 3. The number of hydrogen-bond donors (Lipinski definition) is 0. The highest BCUT2D eigenvalue weighted by Gasteiger charge is 2.42. The minimum absolute atomic E-state index is 0.0408. The van der Waals surface area contributed by atoms with Crippen LogP contribution in [0.5, 0.6) is 5.75 Å². The number of rotatable bonds is 5. The summed E-state index contributed by atoms with van der Waals surface area (Å²) in [6, 6.07) is 14.4. The smallest absolute Gasteiger partial charge is 0.332 e. The van der Waals surface area contributed by atoms with Crippen LogP contribution in [0.3, 0.4) is 0 Å². The number of hydrogen-bond acceptors (Lipinski definition) is 4. The molecule has 0 radical (unpaired) electrons. The highest BCUT2D eigenvalue weighted by atomic mass is 19.1. The first-order valence-corrected chi connectivity index (χ1v) is 10.3. The van der Waals surface area contributed by atoms with Crippen molar-refractivity contribution in [3.05, 3.63) is 60.4 Å². The maximum absolute atomic E-state index is 13.8. The van der Waals surface area contributed by atoms with Gasteiger partial charge in [-0.2, -0.15) is 0 Å². The number of halogens is 1. The number of piperidine rings is 1. The van der Waals surface area contributed by atoms with Crippen LogP contribution in [-0.2, 0) is 9.59 Å². The summed E-state index contributed by atoms with van der Waals surface area (Å²) >= 11 is 0. The van der Waals surface area contributed by atoms with Crippen LogP contribution in [0.2, 0.25) is 0 Å². The molecule has 0 aromatic heterocycles. The molecule has 7 nitrogen and oxygen atoms in total. The summed E-state index contributed by atoms with van der Waals surface area (Å²) in [6.45, 7) is 2.52. The van der Waals surface area contributed by atoms with Gasteiger partial charge in [-0.3, -0.25) is 9.59 Å². The van der Waals surface area contributed by atoms with Crippen LogP contribution in [0.25, 0.3) is 0 Å². The van der Waals surface area contributed by atoms with Gasteiger partial charge in [0.05, 0.1) is 5.69 Å². The zero-order chi connectivity index (χ0) is 22.0. The molecule has 1 atom stereocenters. The van der Waals surface area contributed by atoms with Gasteiger partial charge in [-0.1, -0.05) is 30.3 Å². The van der Waals surface area contributed by atoms with Crippen LogP contribution in [0.4, 0.5) is 14.9 Å². The number of likely N-dealkylation sites (tertiary alicyclic amines) is 1. The van der Waals surface area contributed by atoms with Gasteiger partial charge in [0.2, 0.25) is 0 Å². The summed E-state index contributed by atoms with van der Waals surface area (Å²) < 4.78 is 19.3. The number of anilines is 1. The average Bonchev–Trinajstić information content (AvgIpc) is 3.09. The minimum atomic E-state index is -0.822. The molecule has 2 saturated heterocycles. The van der Waals surface area contributed by atoms with Crippen molar-refractivity contribution in [2.24, 2.45) is 0 Å². The zero-order valence-electron chi connectivity index (χ0n) is 17.2. The van der Waals surface area contributed by atoms with E-state index < -0.39 is 11.9 Å². The number of nitrogens with zero attached hydrogens (tertiary/aromatic N) is 3. The van der Waals surface area contributed by atoms with E-state index in [9.17, 15) is 18.8 Å². The first-order valence-electron chi connectivity index (χ1n) is 10.3. The van der Waals surface area contributed by atoms with E-state index in [1.54, 1.807) is 53.1 Å². The molecule has 0 saturated carbocycles. The molecule has 0 N–H and O–H groups in total. The van der Waals surface area contributed by atoms with Crippen LogP contribution in [0.15, 0.2) is 54.6 Å². The molecule has 31 heavy (non-hydrogen) atoms. The van der Waals surface area contributed by atoms with Gasteiger partial charge in [0.25, 0.3) is 11.8 Å². The Morgan fingerprint density at radius 2 is 1.68 bits per heavy atom. The van der Waals surface area contributed by atoms with Gasteiger partial charge in [0.15, 0.2) is 17.7 Å². The van der Waals surface area contributed by atoms with Crippen molar-refractivity contribution in [1.82, 2.24) is 9.80 Å². The molecule has 2 fully saturated rings. The zero-order valence-corrected chi connectivity index (χ0v) is 17.2. The number of benzene rings is 2. The Balaban J connectivity index is 1.34. The maximum atomic E-state index is 13.8. The molecule has 8 heteroatoms. The summed E-state index contributed by atoms with van der Waals surface area (Å²) in [4.78, 5) is 42.5. The number of carbonyl (C=O) groups is 3. The first-order chi connectivity index (χ1) is 15.0. The summed E-state index contributed by atoms with van der Waals surface area (Å²) in [7, 11) is 0. The van der Waals surface area contributed by atoms with Crippen molar-refractivity contribution < 1.29 is 23.5 Å². The Bertz CT molecular complexity index is 976. The molecular formula is C23H24FN3O4. The molecule has 2 aromatic rings. The van der Waals surface area contributed by atoms with Gasteiger partial charge in [-0.05, 0) is 44.0 Å². The van der Waals surface area contributed by atoms with Gasteiger partial charge in [-0.25, -0.2) is 14.1 Å². The predicted octanol–water partition coefficient (Wildman–Crippen LogP) is 3.05. The van der Waals surface area contributed by atoms with Crippen LogP contribution in [0, 0.1) is 5.82 Å². The third kappa shape index (κ3) is 4.23. The molecule has 2 aliphatic rings. The van der Waals surface area contributed by atoms with E-state index in [-0.39, 0.29) is 36.2 Å². The summed E-state index contributed by atoms with van der Waals surface area (Å²) in [6.07, 6.45) is 0.316. The molecule has 2 aliphatic heterocycles. The third-order valence-electron chi connectivity index (χ3n) is 5.71. The summed E-state index contributed by atoms with van der Waals surface area (Å²) in [5.41, 5.74) is 0.562. The lowest BCUT2D eigenvalue weighted by molar-refractivity contribution is -0.139. The monoisotopic (exact) mass is 425 g/mol. The number of urea groups is 1. The van der Waals surface area contributed by atoms with Gasteiger partial charge >= 0.3 is 6.03 Å². The third-order valence-corrected chi connectivity index (χ3v) is 5.71. The number of ether oxygens (including phenoxy) is 1. The summed E-state index contributed by atoms with van der Waals surface area (Å²) in [5, 5.41) is 0. The second-order valence-corrected chi connectivity index (χ2v) is 7.72. The Kier molecular flexibility index (Phi) is 5.88. The maximum Gasteiger partial charge on any atom is 0.332 e. The number of imide groups is 1. The molecule has 4 rings (SSSR count). The normalized spacial score (nSPS) is 18.5. The standard InChI is InChI=1S/C23H24FN3O4/c1-16(31-20-10-6-5-9-19(20)24)22(29)25-13-11-17(12-14-25)26-15-21(28)27(23(26)30)18-7-3-2-4-8-18/h2-10,16-17H,11-15H2,1H3/t16-/m0/s1. The van der Waals surface area contributed by atoms with Crippen LogP contribution in [0.1, 0.15) is 19.8 Å². The summed E-state index contributed by atoms with van der Waals surface area (Å²) in [5.74, 6) is -0.945. The predicted molar refractivity (Wildman–Crippen MR) is 112 cm³/mol. The topological polar surface area (TPSA) is 70.2 Å². The van der Waals surface area contributed by atoms with E-state index in [4.69, 9.17) is 4.74 Å². The van der Waals surface area contributed by atoms with Gasteiger partial charge in [-0.15, -0.1) is 0 Å². The Morgan fingerprint density at radius 3 is 2.35 bits per heavy atom. The molecule has 0 unspecified atom stereocenters. The van der Waals surface area contributed by atoms with Gasteiger partial charge in [0, 0.05) is 19.1 Å². The van der Waals surface area contributed by atoms with E-state index in [1.165, 1.54) is 17.0 Å². The first kappa shape index (κ1) is 20.8. The van der Waals surface area contributed by atoms with Crippen molar-refractivity contribution in [2.45, 2.75) is 31.9 Å². The highest BCUT2D eigenvalue weighted by Crippen LogP contribution is 2.27. The van der Waals surface area contributed by atoms with E-state index >= 15 is 0 Å². The van der Waals surface area contributed by atoms with Crippen LogP contribution >= 0.6 is 0 Å². The van der Waals surface area contributed by atoms with Crippen molar-refractivity contribution in [2.75, 3.05) is 24.5 Å². The van der Waals surface area contributed by atoms with Gasteiger partial charge < -0.3 is 14.5 Å². The Labute approximate surface area is 180 Å². The lowest BCUT2D eigenvalue weighted by Crippen LogP contribution is -2.50. The highest BCUT2D eigenvalue weighted by molar-refractivity contribution is 6.19. The fourth-order valence-corrected chi connectivity index (χ4v) is 4.07. The van der Waals surface area contributed by atoms with E-state index in [0.717, 1.165) is 0 Å². The largest absolute Gasteiger partial charge is 0.478 e. The van der Waals surface area contributed by atoms with Crippen molar-refractivity contribution in [3.8, 4) is 5.75 Å². The number of para-hydroxylation sites is 2. The van der Waals surface area contributed by atoms with Crippen molar-refractivity contribution in [3.63, 3.8) is 0 Å². The second-order valence-electron chi connectivity index (χ2n) is 7.72. The van der Waals surface area contributed by atoms with E-state index in [0.29, 0.717) is 31.6 Å². The van der Waals surface area contributed by atoms with E-state index in [2.05, 4.69) is 0 Å². The Hall–Kier alpha value is -3.42. The average molecular weight is 425 g/mol. The molecule has 0 spiro atoms. The van der Waals surface area contributed by atoms with Crippen molar-refractivity contribution in [1.29, 1.82) is 0 Å². The van der Waals surface area contributed by atoms with Crippen LogP contribution < -0.4 is 9.64 Å². The molecule has 162 valence electrons. The molecule has 2 heterocycles. The lowest BCUT2D eigenvalue weighted by Gasteiger charge is -2.37. The molecule has 2 aromatic carbocycles. The van der Waals surface area contributed by atoms with Gasteiger partial charge in [0.1, 0.15) is 6.54 Å². The van der Waals surface area contributed by atoms with E-state index in [1.807, 2.05) is 6.07 Å². The molecule has 4 amide bonds. The molecular weight excluding hydrogens is 401 g/mol. The van der Waals surface area contributed by atoms with Crippen LogP contribution in [-0.4, -0.2) is 59.4 Å². The lowest BCUT2D eigenvalue weighted by atomic mass is 10.0. The molecule has 0 bridgehead atoms. The minimum Gasteiger partial charge on any atom is -0.478 e. The SMILES string of the molecule is C[C@H](Oc1ccccc1F)C(=O)N1CCC(N2CC(=O)N(c3ccccc3)C2=O)CC1. The fraction of sp³-hybridized carbons (Fsp3) is 0.348. The second kappa shape index (κ2) is 8.75.